The summed E-state index contributed by atoms with van der Waals surface area (Å²) in [7, 11) is 0. The molecule has 2 spiro atoms. The van der Waals surface area contributed by atoms with Gasteiger partial charge in [0.1, 0.15) is 0 Å². The molecule has 107 heavy (non-hydrogen) atoms. The van der Waals surface area contributed by atoms with E-state index in [2.05, 4.69) is 238 Å². The van der Waals surface area contributed by atoms with Crippen LogP contribution in [0.15, 0.2) is 355 Å². The molecule has 498 valence electrons. The molecule has 4 aliphatic carbocycles. The van der Waals surface area contributed by atoms with Crippen LogP contribution in [-0.2, 0) is 16.2 Å². The van der Waals surface area contributed by atoms with Crippen LogP contribution in [0.1, 0.15) is 92.8 Å². The number of para-hydroxylation sites is 5. The van der Waals surface area contributed by atoms with Crippen molar-refractivity contribution < 1.29 is 21.9 Å². The predicted molar refractivity (Wildman–Crippen MR) is 447 cm³/mol. The number of fused-ring (bicyclic) bond motifs is 30. The summed E-state index contributed by atoms with van der Waals surface area (Å²) in [5.41, 5.74) is 26.6. The topological polar surface area (TPSA) is 13.1 Å². The third-order valence-corrected chi connectivity index (χ3v) is 25.2. The molecule has 2 aliphatic heterocycles. The number of hydrogen-bond donors (Lipinski definition) is 0. The van der Waals surface area contributed by atoms with Crippen LogP contribution in [0, 0.1) is 0 Å². The van der Waals surface area contributed by atoms with E-state index in [4.69, 9.17) is 8.22 Å². The van der Waals surface area contributed by atoms with Crippen LogP contribution >= 0.6 is 11.8 Å². The average molecular weight is 1390 g/mol. The summed E-state index contributed by atoms with van der Waals surface area (Å²) in [6, 6.07) is 81.6. The van der Waals surface area contributed by atoms with Gasteiger partial charge in [-0.25, -0.2) is 0 Å². The molecule has 0 radical (unpaired) electrons. The van der Waals surface area contributed by atoms with Crippen LogP contribution in [0.3, 0.4) is 0 Å². The smallest absolute Gasteiger partial charge is 0.249 e. The van der Waals surface area contributed by atoms with E-state index in [1.54, 1.807) is 9.13 Å². The Morgan fingerprint density at radius 3 is 1.10 bits per heavy atom. The number of rotatable bonds is 5. The van der Waals surface area contributed by atoms with Crippen LogP contribution in [0.5, 0.6) is 0 Å². The monoisotopic (exact) mass is 1390 g/mol. The molecule has 0 fully saturated rings. The average Bonchev–Trinajstić information content (AvgIpc) is 1.21. The van der Waals surface area contributed by atoms with Crippen LogP contribution in [0.2, 0.25) is 0 Å². The third-order valence-electron chi connectivity index (χ3n) is 24.1. The summed E-state index contributed by atoms with van der Waals surface area (Å²) in [5, 5.41) is -0.204. The van der Waals surface area contributed by atoms with Crippen molar-refractivity contribution in [1.82, 2.24) is 9.13 Å². The Bertz CT molecular complexity index is 7580. The van der Waals surface area contributed by atoms with E-state index in [0.29, 0.717) is 17.1 Å². The quantitative estimate of drug-likeness (QED) is 0.159. The summed E-state index contributed by atoms with van der Waals surface area (Å²) in [6.45, 7) is 5.91. The summed E-state index contributed by atoms with van der Waals surface area (Å²) in [6.07, 6.45) is 0. The minimum Gasteiger partial charge on any atom is -0.310 e. The number of hydrogen-bond acceptors (Lipinski definition) is 2. The van der Waals surface area contributed by atoms with Crippen LogP contribution < -0.4 is 21.3 Å². The van der Waals surface area contributed by atoms with Crippen LogP contribution in [-0.4, -0.2) is 15.8 Å². The number of nitrogens with zero attached hydrogens (tertiary/aromatic N) is 3. The fraction of sp³-hybridized carbons (Fsp3) is 0.0588. The summed E-state index contributed by atoms with van der Waals surface area (Å²) in [4.78, 5) is 4.01. The molecule has 0 atom stereocenters. The molecule has 2 aromatic heterocycles. The first kappa shape index (κ1) is 46.2. The van der Waals surface area contributed by atoms with Crippen molar-refractivity contribution in [2.75, 3.05) is 4.90 Å². The minimum atomic E-state index is -0.664. The molecule has 0 N–H and O–H groups in total. The van der Waals surface area contributed by atoms with E-state index in [1.165, 1.54) is 67.4 Å². The van der Waals surface area contributed by atoms with Gasteiger partial charge in [0.25, 0.3) is 0 Å². The van der Waals surface area contributed by atoms with Crippen LogP contribution in [0.25, 0.3) is 122 Å². The van der Waals surface area contributed by atoms with Gasteiger partial charge in [-0.1, -0.05) is 311 Å². The molecule has 24 rings (SSSR count). The Labute approximate surface area is 648 Å². The second-order valence-electron chi connectivity index (χ2n) is 30.1. The molecular formula is C102H66BN3S. The standard InChI is InChI=1S/C102H66BN3S/c1-100(2,3)63-57-95-98-97(58-63)107-96-60-65(105-92-45-22-12-33-76(92)77-34-13-23-46-93(77)105)50-54-89(96)103(98)88-53-49-64(104-90-43-20-10-31-74(90)75-32-11-21-44-91(75)104)59-94(88)106(95)99-66(61-47-51-86-78(55-61)72-29-8-18-41-84(72)101(86)80-37-14-4-25-68(80)69-26-5-15-38-81(69)101)35-24-36-67(99)62-48-52-87-79(56-62)73-30-9-19-42-85(73)102(87)82-39-16-6-27-70(82)71-28-7-17-40-83(71)102/h4-60H,1-3H3/i10D,11D,12D,13D,20D,21D,22D,23D,31D,32D,33D,34D,43D,44D,45D,46D. The first-order valence-electron chi connectivity index (χ1n) is 44.4. The molecule has 4 heterocycles. The van der Waals surface area contributed by atoms with Crippen molar-refractivity contribution in [2.24, 2.45) is 0 Å². The van der Waals surface area contributed by atoms with Crippen molar-refractivity contribution in [3.8, 4) is 78.1 Å². The van der Waals surface area contributed by atoms with Crippen molar-refractivity contribution in [1.29, 1.82) is 0 Å². The second-order valence-corrected chi connectivity index (χ2v) is 31.1. The van der Waals surface area contributed by atoms with Gasteiger partial charge in [0, 0.05) is 65.2 Å². The third kappa shape index (κ3) is 7.73. The maximum atomic E-state index is 9.93. The Balaban J connectivity index is 0.825. The van der Waals surface area contributed by atoms with Gasteiger partial charge in [0.05, 0.1) is 60.5 Å². The highest BCUT2D eigenvalue weighted by molar-refractivity contribution is 8.00. The first-order valence-corrected chi connectivity index (χ1v) is 37.2. The lowest BCUT2D eigenvalue weighted by atomic mass is 9.34. The normalized spacial score (nSPS) is 16.5. The van der Waals surface area contributed by atoms with E-state index in [-0.39, 0.29) is 43.6 Å². The van der Waals surface area contributed by atoms with E-state index in [9.17, 15) is 13.7 Å². The fourth-order valence-electron chi connectivity index (χ4n) is 19.8. The first-order chi connectivity index (χ1) is 59.4. The van der Waals surface area contributed by atoms with Gasteiger partial charge in [-0.2, -0.15) is 0 Å². The Kier molecular flexibility index (Phi) is 9.29. The molecule has 18 aromatic rings. The highest BCUT2D eigenvalue weighted by atomic mass is 32.2. The van der Waals surface area contributed by atoms with E-state index in [0.717, 1.165) is 98.8 Å². The van der Waals surface area contributed by atoms with Gasteiger partial charge in [0.15, 0.2) is 0 Å². The lowest BCUT2D eigenvalue weighted by Gasteiger charge is -2.43. The zero-order chi connectivity index (χ0) is 84.3. The summed E-state index contributed by atoms with van der Waals surface area (Å²) < 4.78 is 153. The van der Waals surface area contributed by atoms with E-state index < -0.39 is 120 Å². The molecule has 0 saturated heterocycles. The zero-order valence-corrected chi connectivity index (χ0v) is 58.8. The molecule has 6 aliphatic rings. The second kappa shape index (κ2) is 21.5. The van der Waals surface area contributed by atoms with Gasteiger partial charge in [-0.15, -0.1) is 0 Å². The summed E-state index contributed by atoms with van der Waals surface area (Å²) in [5.74, 6) is 0. The maximum absolute atomic E-state index is 9.93. The van der Waals surface area contributed by atoms with Gasteiger partial charge < -0.3 is 14.0 Å². The molecule has 0 unspecified atom stereocenters. The fourth-order valence-corrected chi connectivity index (χ4v) is 21.1. The van der Waals surface area contributed by atoms with Crippen molar-refractivity contribution >= 4 is 95.5 Å². The highest BCUT2D eigenvalue weighted by Crippen LogP contribution is 2.66. The van der Waals surface area contributed by atoms with Crippen molar-refractivity contribution in [2.45, 2.75) is 46.8 Å². The van der Waals surface area contributed by atoms with Gasteiger partial charge in [-0.3, -0.25) is 0 Å². The largest absolute Gasteiger partial charge is 0.310 e. The van der Waals surface area contributed by atoms with E-state index >= 15 is 0 Å². The van der Waals surface area contributed by atoms with Gasteiger partial charge in [-0.05, 0) is 195 Å². The number of aromatic nitrogens is 2. The number of anilines is 3. The SMILES string of the molecule is [2H]c1c([2H])c([2H])c2c(c1[2H])c1c([2H])c([2H])c([2H])c([2H])c1n2-c1ccc2c(c1)Sc1cc(C(C)(C)C)cc3c1B2c1ccc(-n2c4c([2H])c([2H])c([2H])c([2H])c4c4c([2H])c([2H])c([2H])c([2H])c42)cc1N3c1c(-c2ccc3c(c2)-c2ccccc2C32c3ccccc3-c3ccccc32)cccc1-c1ccc2c(c1)-c1ccccc1C21c2ccccc2-c2ccccc21. The predicted octanol–water partition coefficient (Wildman–Crippen LogP) is 24.0. The Hall–Kier alpha value is -12.7. The minimum absolute atomic E-state index is 0.00975. The van der Waals surface area contributed by atoms with Gasteiger partial charge >= 0.3 is 0 Å². The highest BCUT2D eigenvalue weighted by Gasteiger charge is 2.54. The lowest BCUT2D eigenvalue weighted by molar-refractivity contribution is 0.589. The van der Waals surface area contributed by atoms with Crippen molar-refractivity contribution in [3.63, 3.8) is 0 Å². The van der Waals surface area contributed by atoms with Gasteiger partial charge in [0.2, 0.25) is 6.71 Å². The lowest BCUT2D eigenvalue weighted by Crippen LogP contribution is -2.60. The summed E-state index contributed by atoms with van der Waals surface area (Å²) >= 11 is 1.54. The number of benzene rings is 16. The Morgan fingerprint density at radius 1 is 0.318 bits per heavy atom. The molecule has 16 aromatic carbocycles. The molecule has 3 nitrogen and oxygen atoms in total. The van der Waals surface area contributed by atoms with E-state index in [1.807, 2.05) is 36.4 Å². The molecule has 0 amide bonds. The Morgan fingerprint density at radius 2 is 0.682 bits per heavy atom. The molecule has 0 bridgehead atoms. The molecule has 0 saturated carbocycles. The maximum Gasteiger partial charge on any atom is 0.249 e. The molecular weight excluding hydrogens is 1310 g/mol. The van der Waals surface area contributed by atoms with Crippen molar-refractivity contribution in [3.05, 3.63) is 395 Å². The van der Waals surface area contributed by atoms with Crippen LogP contribution in [0.4, 0.5) is 17.1 Å². The molecule has 5 heteroatoms. The zero-order valence-electron chi connectivity index (χ0n) is 74.0.